The molecule has 1 aromatic rings. The first-order valence-corrected chi connectivity index (χ1v) is 7.59. The molecule has 1 aliphatic heterocycles. The molecule has 0 aromatic heterocycles. The van der Waals surface area contributed by atoms with Crippen molar-refractivity contribution in [2.24, 2.45) is 11.7 Å². The van der Waals surface area contributed by atoms with E-state index >= 15 is 0 Å². The normalized spacial score (nSPS) is 21.5. The van der Waals surface area contributed by atoms with Gasteiger partial charge in [0, 0.05) is 11.8 Å². The molecule has 3 unspecified atom stereocenters. The van der Waals surface area contributed by atoms with Gasteiger partial charge in [0.1, 0.15) is 6.04 Å². The standard InChI is InChI=1S/C14H18N2O3S/c1-9(12(15)10-5-3-2-4-6-10)13(17)16-8-20-7-11(16)14(18)19/h2-6,9,11-12H,7-8,15H2,1H3,(H,18,19). The smallest absolute Gasteiger partial charge is 0.327 e. The zero-order valence-corrected chi connectivity index (χ0v) is 12.0. The topological polar surface area (TPSA) is 83.6 Å². The Morgan fingerprint density at radius 3 is 2.65 bits per heavy atom. The Balaban J connectivity index is 2.10. The van der Waals surface area contributed by atoms with Crippen molar-refractivity contribution < 1.29 is 14.7 Å². The van der Waals surface area contributed by atoms with Gasteiger partial charge in [-0.05, 0) is 5.56 Å². The van der Waals surface area contributed by atoms with E-state index in [0.29, 0.717) is 11.6 Å². The van der Waals surface area contributed by atoms with Crippen LogP contribution < -0.4 is 5.73 Å². The van der Waals surface area contributed by atoms with Crippen LogP contribution in [0, 0.1) is 5.92 Å². The SMILES string of the molecule is CC(C(=O)N1CSCC1C(=O)O)C(N)c1ccccc1. The molecular formula is C14H18N2O3S. The van der Waals surface area contributed by atoms with Crippen molar-refractivity contribution in [2.75, 3.05) is 11.6 Å². The molecule has 108 valence electrons. The van der Waals surface area contributed by atoms with Gasteiger partial charge in [-0.2, -0.15) is 0 Å². The summed E-state index contributed by atoms with van der Waals surface area (Å²) in [4.78, 5) is 25.0. The van der Waals surface area contributed by atoms with Gasteiger partial charge < -0.3 is 15.7 Å². The number of benzene rings is 1. The van der Waals surface area contributed by atoms with E-state index in [-0.39, 0.29) is 5.91 Å². The maximum Gasteiger partial charge on any atom is 0.327 e. The van der Waals surface area contributed by atoms with Crippen molar-refractivity contribution >= 4 is 23.6 Å². The molecule has 3 N–H and O–H groups in total. The van der Waals surface area contributed by atoms with Crippen molar-refractivity contribution in [1.29, 1.82) is 0 Å². The average molecular weight is 294 g/mol. The van der Waals surface area contributed by atoms with Gasteiger partial charge in [0.05, 0.1) is 11.8 Å². The number of nitrogens with two attached hydrogens (primary N) is 1. The highest BCUT2D eigenvalue weighted by atomic mass is 32.2. The van der Waals surface area contributed by atoms with Crippen LogP contribution >= 0.6 is 11.8 Å². The Kier molecular flexibility index (Phi) is 4.67. The van der Waals surface area contributed by atoms with Crippen LogP contribution in [0.15, 0.2) is 30.3 Å². The lowest BCUT2D eigenvalue weighted by molar-refractivity contribution is -0.149. The number of rotatable bonds is 4. The largest absolute Gasteiger partial charge is 0.480 e. The van der Waals surface area contributed by atoms with Crippen LogP contribution in [0.1, 0.15) is 18.5 Å². The van der Waals surface area contributed by atoms with Crippen LogP contribution in [0.4, 0.5) is 0 Å². The molecule has 0 spiro atoms. The molecular weight excluding hydrogens is 276 g/mol. The first-order valence-electron chi connectivity index (χ1n) is 6.44. The molecule has 1 aliphatic rings. The highest BCUT2D eigenvalue weighted by Crippen LogP contribution is 2.27. The van der Waals surface area contributed by atoms with Gasteiger partial charge in [0.2, 0.25) is 5.91 Å². The maximum absolute atomic E-state index is 12.4. The second-order valence-corrected chi connectivity index (χ2v) is 5.89. The lowest BCUT2D eigenvalue weighted by Gasteiger charge is -2.27. The van der Waals surface area contributed by atoms with Crippen LogP contribution in [-0.2, 0) is 9.59 Å². The van der Waals surface area contributed by atoms with Gasteiger partial charge in [-0.3, -0.25) is 4.79 Å². The fraction of sp³-hybridized carbons (Fsp3) is 0.429. The summed E-state index contributed by atoms with van der Waals surface area (Å²) >= 11 is 1.46. The number of hydrogen-bond donors (Lipinski definition) is 2. The number of carbonyl (C=O) groups is 2. The summed E-state index contributed by atoms with van der Waals surface area (Å²) in [5.74, 6) is -0.740. The van der Waals surface area contributed by atoms with Crippen molar-refractivity contribution in [3.05, 3.63) is 35.9 Å². The first-order chi connectivity index (χ1) is 9.52. The Morgan fingerprint density at radius 1 is 1.40 bits per heavy atom. The van der Waals surface area contributed by atoms with E-state index in [0.717, 1.165) is 5.56 Å². The summed E-state index contributed by atoms with van der Waals surface area (Å²) in [5.41, 5.74) is 7.01. The van der Waals surface area contributed by atoms with E-state index in [1.54, 1.807) is 6.92 Å². The minimum Gasteiger partial charge on any atom is -0.480 e. The Labute approximate surface area is 122 Å². The van der Waals surface area contributed by atoms with Crippen LogP contribution in [0.3, 0.4) is 0 Å². The summed E-state index contributed by atoms with van der Waals surface area (Å²) in [6.07, 6.45) is 0. The molecule has 20 heavy (non-hydrogen) atoms. The molecule has 0 aliphatic carbocycles. The minimum absolute atomic E-state index is 0.196. The molecule has 3 atom stereocenters. The molecule has 1 aromatic carbocycles. The van der Waals surface area contributed by atoms with Crippen LogP contribution in [-0.4, -0.2) is 39.6 Å². The zero-order valence-electron chi connectivity index (χ0n) is 11.2. The molecule has 0 saturated carbocycles. The quantitative estimate of drug-likeness (QED) is 0.874. The predicted molar refractivity (Wildman–Crippen MR) is 78.1 cm³/mol. The molecule has 0 radical (unpaired) electrons. The summed E-state index contributed by atoms with van der Waals surface area (Å²) in [7, 11) is 0. The molecule has 1 amide bonds. The summed E-state index contributed by atoms with van der Waals surface area (Å²) < 4.78 is 0. The van der Waals surface area contributed by atoms with Crippen molar-refractivity contribution in [1.82, 2.24) is 4.90 Å². The summed E-state index contributed by atoms with van der Waals surface area (Å²) in [6, 6.07) is 8.22. The number of thioether (sulfide) groups is 1. The Bertz CT molecular complexity index is 494. The molecule has 0 bridgehead atoms. The molecule has 1 heterocycles. The first kappa shape index (κ1) is 14.9. The fourth-order valence-electron chi connectivity index (χ4n) is 2.24. The van der Waals surface area contributed by atoms with Gasteiger partial charge >= 0.3 is 5.97 Å². The van der Waals surface area contributed by atoms with E-state index in [4.69, 9.17) is 10.8 Å². The fourth-order valence-corrected chi connectivity index (χ4v) is 3.40. The van der Waals surface area contributed by atoms with Gasteiger partial charge in [-0.1, -0.05) is 37.3 Å². The number of nitrogens with zero attached hydrogens (tertiary/aromatic N) is 1. The van der Waals surface area contributed by atoms with E-state index in [1.807, 2.05) is 30.3 Å². The Hall–Kier alpha value is -1.53. The van der Waals surface area contributed by atoms with E-state index in [9.17, 15) is 9.59 Å². The highest BCUT2D eigenvalue weighted by molar-refractivity contribution is 7.99. The average Bonchev–Trinajstić information content (AvgIpc) is 2.95. The molecule has 1 fully saturated rings. The van der Waals surface area contributed by atoms with Crippen LogP contribution in [0.25, 0.3) is 0 Å². The van der Waals surface area contributed by atoms with Crippen LogP contribution in [0.5, 0.6) is 0 Å². The number of carboxylic acids is 1. The summed E-state index contributed by atoms with van der Waals surface area (Å²) in [6.45, 7) is 1.75. The lowest BCUT2D eigenvalue weighted by atomic mass is 9.94. The third-order valence-corrected chi connectivity index (χ3v) is 4.58. The predicted octanol–water partition coefficient (Wildman–Crippen LogP) is 1.31. The monoisotopic (exact) mass is 294 g/mol. The molecule has 5 nitrogen and oxygen atoms in total. The number of hydrogen-bond acceptors (Lipinski definition) is 4. The number of carboxylic acid groups (broad SMARTS) is 1. The second-order valence-electron chi connectivity index (χ2n) is 4.89. The van der Waals surface area contributed by atoms with Gasteiger partial charge in [-0.25, -0.2) is 4.79 Å². The summed E-state index contributed by atoms with van der Waals surface area (Å²) in [5, 5.41) is 9.13. The second kappa shape index (κ2) is 6.28. The third kappa shape index (κ3) is 2.96. The number of aliphatic carboxylic acids is 1. The molecule has 6 heteroatoms. The van der Waals surface area contributed by atoms with Gasteiger partial charge in [0.25, 0.3) is 0 Å². The maximum atomic E-state index is 12.4. The zero-order chi connectivity index (χ0) is 14.7. The lowest BCUT2D eigenvalue weighted by Crippen LogP contribution is -2.46. The van der Waals surface area contributed by atoms with Gasteiger partial charge in [-0.15, -0.1) is 11.8 Å². The van der Waals surface area contributed by atoms with E-state index in [2.05, 4.69) is 0 Å². The van der Waals surface area contributed by atoms with Crippen molar-refractivity contribution in [2.45, 2.75) is 19.0 Å². The number of carbonyl (C=O) groups excluding carboxylic acids is 1. The van der Waals surface area contributed by atoms with Crippen molar-refractivity contribution in [3.8, 4) is 0 Å². The van der Waals surface area contributed by atoms with Crippen LogP contribution in [0.2, 0.25) is 0 Å². The Morgan fingerprint density at radius 2 is 2.05 bits per heavy atom. The molecule has 1 saturated heterocycles. The van der Waals surface area contributed by atoms with E-state index < -0.39 is 24.0 Å². The third-order valence-electron chi connectivity index (χ3n) is 3.56. The van der Waals surface area contributed by atoms with Crippen molar-refractivity contribution in [3.63, 3.8) is 0 Å². The number of amides is 1. The minimum atomic E-state index is -0.955. The van der Waals surface area contributed by atoms with E-state index in [1.165, 1.54) is 16.7 Å². The molecule has 2 rings (SSSR count). The highest BCUT2D eigenvalue weighted by Gasteiger charge is 2.37. The van der Waals surface area contributed by atoms with Gasteiger partial charge in [0.15, 0.2) is 0 Å².